The number of halogens is 1. The van der Waals surface area contributed by atoms with E-state index in [1.165, 1.54) is 0 Å². The lowest BCUT2D eigenvalue weighted by molar-refractivity contribution is -0.191. The second-order valence-corrected chi connectivity index (χ2v) is 2.72. The van der Waals surface area contributed by atoms with Gasteiger partial charge in [-0.05, 0) is 18.6 Å². The molecule has 0 aliphatic rings. The summed E-state index contributed by atoms with van der Waals surface area (Å²) in [4.78, 5) is 20.5. The van der Waals surface area contributed by atoms with Gasteiger partial charge in [0, 0.05) is 11.4 Å². The predicted octanol–water partition coefficient (Wildman–Crippen LogP) is 1.38. The molecule has 0 atom stereocenters. The zero-order chi connectivity index (χ0) is 11.0. The van der Waals surface area contributed by atoms with E-state index in [4.69, 9.17) is 26.9 Å². The molecule has 14 heavy (non-hydrogen) atoms. The minimum absolute atomic E-state index is 0.250. The molecule has 0 saturated heterocycles. The minimum atomic E-state index is 0.250. The zero-order valence-corrected chi connectivity index (χ0v) is 8.54. The van der Waals surface area contributed by atoms with E-state index in [-0.39, 0.29) is 6.15 Å². The second-order valence-electron chi connectivity index (χ2n) is 2.45. The number of aromatic nitrogens is 1. The molecule has 76 valence electrons. The van der Waals surface area contributed by atoms with E-state index in [1.807, 2.05) is 13.0 Å². The molecular formula is C9H11ClN2O2. The summed E-state index contributed by atoms with van der Waals surface area (Å²) in [7, 11) is 0. The van der Waals surface area contributed by atoms with E-state index in [2.05, 4.69) is 4.98 Å². The van der Waals surface area contributed by atoms with Gasteiger partial charge in [0.25, 0.3) is 0 Å². The molecule has 0 fully saturated rings. The molecule has 0 spiro atoms. The third kappa shape index (κ3) is 4.60. The van der Waals surface area contributed by atoms with E-state index in [9.17, 15) is 0 Å². The lowest BCUT2D eigenvalue weighted by Crippen LogP contribution is -1.95. The van der Waals surface area contributed by atoms with Gasteiger partial charge in [0.1, 0.15) is 0 Å². The van der Waals surface area contributed by atoms with Crippen LogP contribution in [-0.4, -0.2) is 11.1 Å². The van der Waals surface area contributed by atoms with Gasteiger partial charge in [-0.2, -0.15) is 9.59 Å². The number of anilines is 1. The fourth-order valence-corrected chi connectivity index (χ4v) is 1.06. The number of rotatable bonds is 2. The van der Waals surface area contributed by atoms with Crippen molar-refractivity contribution in [1.82, 2.24) is 4.98 Å². The number of hydrogen-bond acceptors (Lipinski definition) is 4. The van der Waals surface area contributed by atoms with E-state index < -0.39 is 0 Å². The quantitative estimate of drug-likeness (QED) is 0.755. The van der Waals surface area contributed by atoms with Crippen LogP contribution >= 0.6 is 11.6 Å². The average Bonchev–Trinajstić information content (AvgIpc) is 2.18. The third-order valence-corrected chi connectivity index (χ3v) is 1.73. The Hall–Kier alpha value is -1.38. The molecule has 0 unspecified atom stereocenters. The van der Waals surface area contributed by atoms with Crippen molar-refractivity contribution in [2.24, 2.45) is 0 Å². The molecule has 2 N–H and O–H groups in total. The largest absolute Gasteiger partial charge is 0.399 e. The minimum Gasteiger partial charge on any atom is -0.399 e. The zero-order valence-electron chi connectivity index (χ0n) is 7.79. The Morgan fingerprint density at radius 3 is 2.36 bits per heavy atom. The van der Waals surface area contributed by atoms with Crippen molar-refractivity contribution in [1.29, 1.82) is 0 Å². The van der Waals surface area contributed by atoms with Crippen molar-refractivity contribution in [2.45, 2.75) is 19.2 Å². The van der Waals surface area contributed by atoms with Crippen LogP contribution in [0.2, 0.25) is 0 Å². The second kappa shape index (κ2) is 7.06. The van der Waals surface area contributed by atoms with E-state index in [1.54, 1.807) is 6.07 Å². The number of nitrogens with zero attached hydrogens (tertiary/aromatic N) is 1. The maximum atomic E-state index is 8.12. The summed E-state index contributed by atoms with van der Waals surface area (Å²) in [5.74, 6) is 0.429. The number of carbonyl (C=O) groups excluding carboxylic acids is 2. The lowest BCUT2D eigenvalue weighted by Gasteiger charge is -2.01. The first-order valence-corrected chi connectivity index (χ1v) is 4.51. The number of hydrogen-bond donors (Lipinski definition) is 1. The van der Waals surface area contributed by atoms with Gasteiger partial charge in [-0.1, -0.05) is 6.92 Å². The van der Waals surface area contributed by atoms with Gasteiger partial charge in [0.2, 0.25) is 0 Å². The van der Waals surface area contributed by atoms with Gasteiger partial charge >= 0.3 is 6.15 Å². The van der Waals surface area contributed by atoms with Crippen molar-refractivity contribution < 1.29 is 9.59 Å². The summed E-state index contributed by atoms with van der Waals surface area (Å²) in [5.41, 5.74) is 8.21. The number of nitrogen functional groups attached to an aromatic ring is 1. The van der Waals surface area contributed by atoms with Crippen LogP contribution in [0.25, 0.3) is 0 Å². The van der Waals surface area contributed by atoms with Crippen LogP contribution in [0, 0.1) is 0 Å². The molecule has 1 aromatic rings. The molecule has 4 nitrogen and oxygen atoms in total. The maximum Gasteiger partial charge on any atom is 0.373 e. The molecule has 0 aliphatic heterocycles. The van der Waals surface area contributed by atoms with Gasteiger partial charge in [0.15, 0.2) is 0 Å². The van der Waals surface area contributed by atoms with Crippen LogP contribution in [0.4, 0.5) is 5.69 Å². The van der Waals surface area contributed by atoms with Crippen molar-refractivity contribution in [2.75, 3.05) is 5.73 Å². The van der Waals surface area contributed by atoms with Gasteiger partial charge in [-0.25, -0.2) is 0 Å². The number of nitrogens with two attached hydrogens (primary N) is 1. The van der Waals surface area contributed by atoms with Gasteiger partial charge in [-0.3, -0.25) is 4.98 Å². The summed E-state index contributed by atoms with van der Waals surface area (Å²) < 4.78 is 0. The number of alkyl halides is 1. The van der Waals surface area contributed by atoms with Crippen LogP contribution in [0.1, 0.15) is 18.3 Å². The molecule has 5 heteroatoms. The molecule has 1 heterocycles. The van der Waals surface area contributed by atoms with Crippen molar-refractivity contribution in [3.8, 4) is 0 Å². The summed E-state index contributed by atoms with van der Waals surface area (Å²) >= 11 is 5.61. The smallest absolute Gasteiger partial charge is 0.373 e. The first-order valence-electron chi connectivity index (χ1n) is 3.98. The van der Waals surface area contributed by atoms with Crippen LogP contribution < -0.4 is 5.73 Å². The van der Waals surface area contributed by atoms with Crippen LogP contribution in [0.3, 0.4) is 0 Å². The predicted molar refractivity (Wildman–Crippen MR) is 52.6 cm³/mol. The highest BCUT2D eigenvalue weighted by molar-refractivity contribution is 6.16. The summed E-state index contributed by atoms with van der Waals surface area (Å²) in [6, 6.07) is 3.67. The Bertz CT molecular complexity index is 300. The fraction of sp³-hybridized carbons (Fsp3) is 0.333. The van der Waals surface area contributed by atoms with Crippen LogP contribution in [0.5, 0.6) is 0 Å². The molecule has 1 rings (SSSR count). The van der Waals surface area contributed by atoms with Crippen molar-refractivity contribution >= 4 is 23.4 Å². The molecule has 0 aromatic carbocycles. The Kier molecular flexibility index (Phi) is 6.37. The molecule has 0 saturated carbocycles. The van der Waals surface area contributed by atoms with Gasteiger partial charge < -0.3 is 5.73 Å². The molecule has 0 radical (unpaired) electrons. The normalized spacial score (nSPS) is 8.43. The highest BCUT2D eigenvalue weighted by Crippen LogP contribution is 2.09. The van der Waals surface area contributed by atoms with Crippen molar-refractivity contribution in [3.05, 3.63) is 23.5 Å². The van der Waals surface area contributed by atoms with Gasteiger partial charge in [-0.15, -0.1) is 11.6 Å². The fourth-order valence-electron chi connectivity index (χ4n) is 0.925. The molecular weight excluding hydrogens is 204 g/mol. The Labute approximate surface area is 87.1 Å². The first kappa shape index (κ1) is 12.6. The van der Waals surface area contributed by atoms with Crippen LogP contribution in [0.15, 0.2) is 12.1 Å². The number of pyridine rings is 1. The Morgan fingerprint density at radius 2 is 1.93 bits per heavy atom. The lowest BCUT2D eigenvalue weighted by atomic mass is 10.2. The maximum absolute atomic E-state index is 8.12. The number of aryl methyl sites for hydroxylation is 1. The van der Waals surface area contributed by atoms with Crippen LogP contribution in [-0.2, 0) is 21.9 Å². The highest BCUT2D eigenvalue weighted by atomic mass is 35.5. The van der Waals surface area contributed by atoms with E-state index >= 15 is 0 Å². The first-order chi connectivity index (χ1) is 6.67. The molecule has 0 bridgehead atoms. The average molecular weight is 215 g/mol. The standard InChI is InChI=1S/C8H11ClN2.CO2/c1-2-7-3-6(10)4-8(5-9)11-7;2-1-3/h3-4H,2,5H2,1H3,(H2,10,11);. The Morgan fingerprint density at radius 1 is 1.43 bits per heavy atom. The van der Waals surface area contributed by atoms with Crippen molar-refractivity contribution in [3.63, 3.8) is 0 Å². The molecule has 1 aromatic heterocycles. The Balaban J connectivity index is 0.000000500. The summed E-state index contributed by atoms with van der Waals surface area (Å²) in [5, 5.41) is 0. The van der Waals surface area contributed by atoms with Gasteiger partial charge in [0.05, 0.1) is 11.6 Å². The molecule has 0 amide bonds. The summed E-state index contributed by atoms with van der Waals surface area (Å²) in [6.07, 6.45) is 1.15. The van der Waals surface area contributed by atoms with E-state index in [0.717, 1.165) is 23.5 Å². The summed E-state index contributed by atoms with van der Waals surface area (Å²) in [6.45, 7) is 2.04. The monoisotopic (exact) mass is 214 g/mol. The van der Waals surface area contributed by atoms with E-state index in [0.29, 0.717) is 5.88 Å². The third-order valence-electron chi connectivity index (χ3n) is 1.45. The highest BCUT2D eigenvalue weighted by Gasteiger charge is 1.97. The SMILES string of the molecule is CCc1cc(N)cc(CCl)n1.O=C=O. The molecule has 0 aliphatic carbocycles. The topological polar surface area (TPSA) is 73.0 Å².